The molecule has 0 radical (unpaired) electrons. The molecule has 2 amide bonds. The zero-order valence-electron chi connectivity index (χ0n) is 18.1. The minimum Gasteiger partial charge on any atom is -0.376 e. The predicted molar refractivity (Wildman–Crippen MR) is 119 cm³/mol. The normalized spacial score (nSPS) is 19.9. The standard InChI is InChI=1S/C24H33N3O3/c1-16-11-17(2)21-13-18(23(28)26-22(21)12-16)14-27(15-20-9-6-10-30-20)24(29)25-19-7-4-3-5-8-19/h11-13,19-20H,3-10,14-15H2,1-2H3,(H,25,29)(H,26,28)/t20-/m1/s1. The lowest BCUT2D eigenvalue weighted by Crippen LogP contribution is -2.48. The lowest BCUT2D eigenvalue weighted by atomic mass is 9.96. The monoisotopic (exact) mass is 411 g/mol. The van der Waals surface area contributed by atoms with Crippen LogP contribution >= 0.6 is 0 Å². The molecular weight excluding hydrogens is 378 g/mol. The Labute approximate surface area is 178 Å². The third kappa shape index (κ3) is 4.86. The summed E-state index contributed by atoms with van der Waals surface area (Å²) >= 11 is 0. The molecule has 0 bridgehead atoms. The quantitative estimate of drug-likeness (QED) is 0.775. The van der Waals surface area contributed by atoms with Crippen molar-refractivity contribution in [3.63, 3.8) is 0 Å². The van der Waals surface area contributed by atoms with Crippen LogP contribution in [0.1, 0.15) is 61.6 Å². The molecule has 2 aliphatic rings. The summed E-state index contributed by atoms with van der Waals surface area (Å²) in [6.07, 6.45) is 7.68. The number of hydrogen-bond acceptors (Lipinski definition) is 3. The number of ether oxygens (including phenoxy) is 1. The SMILES string of the molecule is Cc1cc(C)c2cc(CN(C[C@H]3CCCO3)C(=O)NC3CCCCC3)c(=O)[nH]c2c1. The van der Waals surface area contributed by atoms with Gasteiger partial charge in [0.1, 0.15) is 0 Å². The van der Waals surface area contributed by atoms with Crippen LogP contribution in [0.15, 0.2) is 23.0 Å². The molecule has 2 fully saturated rings. The third-order valence-corrected chi connectivity index (χ3v) is 6.42. The predicted octanol–water partition coefficient (Wildman–Crippen LogP) is 4.17. The summed E-state index contributed by atoms with van der Waals surface area (Å²) in [5.74, 6) is 0. The Morgan fingerprint density at radius 3 is 2.67 bits per heavy atom. The number of urea groups is 1. The van der Waals surface area contributed by atoms with Crippen LogP contribution in [-0.4, -0.2) is 41.2 Å². The zero-order chi connectivity index (χ0) is 21.1. The van der Waals surface area contributed by atoms with Gasteiger partial charge in [-0.2, -0.15) is 0 Å². The van der Waals surface area contributed by atoms with Crippen LogP contribution in [0.5, 0.6) is 0 Å². The van der Waals surface area contributed by atoms with E-state index in [1.165, 1.54) is 19.3 Å². The number of nitrogens with zero attached hydrogens (tertiary/aromatic N) is 1. The van der Waals surface area contributed by atoms with Crippen LogP contribution in [0, 0.1) is 13.8 Å². The molecule has 6 heteroatoms. The van der Waals surface area contributed by atoms with Crippen LogP contribution in [0.2, 0.25) is 0 Å². The van der Waals surface area contributed by atoms with E-state index in [2.05, 4.69) is 23.3 Å². The maximum absolute atomic E-state index is 13.1. The maximum Gasteiger partial charge on any atom is 0.318 e. The van der Waals surface area contributed by atoms with E-state index in [9.17, 15) is 9.59 Å². The highest BCUT2D eigenvalue weighted by molar-refractivity contribution is 5.83. The number of aromatic nitrogens is 1. The third-order valence-electron chi connectivity index (χ3n) is 6.42. The Balaban J connectivity index is 1.57. The van der Waals surface area contributed by atoms with Gasteiger partial charge >= 0.3 is 6.03 Å². The van der Waals surface area contributed by atoms with E-state index < -0.39 is 0 Å². The molecule has 1 saturated heterocycles. The number of H-pyrrole nitrogens is 1. The van der Waals surface area contributed by atoms with E-state index in [-0.39, 0.29) is 30.3 Å². The Morgan fingerprint density at radius 2 is 1.93 bits per heavy atom. The van der Waals surface area contributed by atoms with E-state index in [0.717, 1.165) is 54.3 Å². The van der Waals surface area contributed by atoms with Gasteiger partial charge in [-0.3, -0.25) is 4.79 Å². The fraction of sp³-hybridized carbons (Fsp3) is 0.583. The van der Waals surface area contributed by atoms with Crippen molar-refractivity contribution >= 4 is 16.9 Å². The van der Waals surface area contributed by atoms with Crippen LogP contribution in [0.25, 0.3) is 10.9 Å². The molecule has 6 nitrogen and oxygen atoms in total. The minimum atomic E-state index is -0.129. The van der Waals surface area contributed by atoms with E-state index in [0.29, 0.717) is 12.1 Å². The van der Waals surface area contributed by atoms with Crippen LogP contribution in [-0.2, 0) is 11.3 Å². The van der Waals surface area contributed by atoms with Crippen molar-refractivity contribution < 1.29 is 9.53 Å². The van der Waals surface area contributed by atoms with Crippen molar-refractivity contribution in [2.45, 2.75) is 77.5 Å². The molecule has 1 saturated carbocycles. The highest BCUT2D eigenvalue weighted by Gasteiger charge is 2.26. The molecule has 30 heavy (non-hydrogen) atoms. The average Bonchev–Trinajstić information content (AvgIpc) is 3.22. The fourth-order valence-corrected chi connectivity index (χ4v) is 4.81. The van der Waals surface area contributed by atoms with Gasteiger partial charge in [0.05, 0.1) is 12.6 Å². The number of aromatic amines is 1. The van der Waals surface area contributed by atoms with Gasteiger partial charge in [-0.1, -0.05) is 25.3 Å². The van der Waals surface area contributed by atoms with Crippen molar-refractivity contribution in [2.24, 2.45) is 0 Å². The molecule has 1 atom stereocenters. The molecule has 2 heterocycles. The van der Waals surface area contributed by atoms with E-state index in [1.54, 1.807) is 4.90 Å². The molecule has 1 aromatic carbocycles. The molecule has 4 rings (SSSR count). The Bertz CT molecular complexity index is 956. The molecule has 2 N–H and O–H groups in total. The van der Waals surface area contributed by atoms with Gasteiger partial charge in [0, 0.05) is 35.7 Å². The molecule has 2 aromatic rings. The maximum atomic E-state index is 13.1. The first-order chi connectivity index (χ1) is 14.5. The van der Waals surface area contributed by atoms with Gasteiger partial charge < -0.3 is 19.9 Å². The number of benzene rings is 1. The fourth-order valence-electron chi connectivity index (χ4n) is 4.81. The first kappa shape index (κ1) is 20.9. The number of hydrogen-bond donors (Lipinski definition) is 2. The first-order valence-electron chi connectivity index (χ1n) is 11.3. The van der Waals surface area contributed by atoms with Gasteiger partial charge in [-0.15, -0.1) is 0 Å². The number of rotatable bonds is 5. The number of fused-ring (bicyclic) bond motifs is 1. The number of amides is 2. The second-order valence-electron chi connectivity index (χ2n) is 8.97. The van der Waals surface area contributed by atoms with Gasteiger partial charge in [0.2, 0.25) is 0 Å². The summed E-state index contributed by atoms with van der Waals surface area (Å²) < 4.78 is 5.79. The molecule has 162 valence electrons. The molecule has 0 spiro atoms. The smallest absolute Gasteiger partial charge is 0.318 e. The number of nitrogens with one attached hydrogen (secondary N) is 2. The first-order valence-corrected chi connectivity index (χ1v) is 11.3. The van der Waals surface area contributed by atoms with Crippen molar-refractivity contribution in [3.8, 4) is 0 Å². The summed E-state index contributed by atoms with van der Waals surface area (Å²) in [6, 6.07) is 6.20. The zero-order valence-corrected chi connectivity index (χ0v) is 18.1. The largest absolute Gasteiger partial charge is 0.376 e. The van der Waals surface area contributed by atoms with E-state index in [4.69, 9.17) is 4.74 Å². The molecular formula is C24H33N3O3. The van der Waals surface area contributed by atoms with Gasteiger partial charge in [0.25, 0.3) is 5.56 Å². The number of aryl methyl sites for hydroxylation is 2. The summed E-state index contributed by atoms with van der Waals surface area (Å²) in [5, 5.41) is 4.24. The van der Waals surface area contributed by atoms with Crippen molar-refractivity contribution in [1.82, 2.24) is 15.2 Å². The average molecular weight is 412 g/mol. The van der Waals surface area contributed by atoms with Gasteiger partial charge in [-0.05, 0) is 62.8 Å². The van der Waals surface area contributed by atoms with E-state index in [1.807, 2.05) is 19.1 Å². The minimum absolute atomic E-state index is 0.0472. The Hall–Kier alpha value is -2.34. The van der Waals surface area contributed by atoms with Crippen molar-refractivity contribution in [2.75, 3.05) is 13.2 Å². The van der Waals surface area contributed by atoms with Gasteiger partial charge in [0.15, 0.2) is 0 Å². The lowest BCUT2D eigenvalue weighted by molar-refractivity contribution is 0.0784. The second-order valence-corrected chi connectivity index (χ2v) is 8.97. The number of pyridine rings is 1. The summed E-state index contributed by atoms with van der Waals surface area (Å²) in [7, 11) is 0. The lowest BCUT2D eigenvalue weighted by Gasteiger charge is -2.29. The van der Waals surface area contributed by atoms with Crippen LogP contribution < -0.4 is 10.9 Å². The number of carbonyl (C=O) groups is 1. The Morgan fingerprint density at radius 1 is 1.13 bits per heavy atom. The van der Waals surface area contributed by atoms with Gasteiger partial charge in [-0.25, -0.2) is 4.79 Å². The molecule has 1 aliphatic heterocycles. The van der Waals surface area contributed by atoms with Crippen molar-refractivity contribution in [1.29, 1.82) is 0 Å². The second kappa shape index (κ2) is 9.21. The molecule has 0 unspecified atom stereocenters. The highest BCUT2D eigenvalue weighted by Crippen LogP contribution is 2.21. The van der Waals surface area contributed by atoms with Crippen LogP contribution in [0.3, 0.4) is 0 Å². The molecule has 1 aliphatic carbocycles. The topological polar surface area (TPSA) is 74.4 Å². The number of carbonyl (C=O) groups excluding carboxylic acids is 1. The van der Waals surface area contributed by atoms with Crippen LogP contribution in [0.4, 0.5) is 4.79 Å². The Kier molecular flexibility index (Phi) is 6.42. The molecule has 1 aromatic heterocycles. The summed E-state index contributed by atoms with van der Waals surface area (Å²) in [4.78, 5) is 30.7. The van der Waals surface area contributed by atoms with E-state index >= 15 is 0 Å². The summed E-state index contributed by atoms with van der Waals surface area (Å²) in [6.45, 7) is 5.63. The highest BCUT2D eigenvalue weighted by atomic mass is 16.5. The summed E-state index contributed by atoms with van der Waals surface area (Å²) in [5.41, 5.74) is 3.58. The van der Waals surface area contributed by atoms with Crippen molar-refractivity contribution in [3.05, 3.63) is 45.2 Å².